The number of nitrogens with two attached hydrogens (primary N) is 1. The molecule has 4 aromatic rings. The Bertz CT molecular complexity index is 1430. The lowest BCUT2D eigenvalue weighted by atomic mass is 10.1. The summed E-state index contributed by atoms with van der Waals surface area (Å²) in [7, 11) is 4.48. The Morgan fingerprint density at radius 1 is 0.970 bits per heavy atom. The highest BCUT2D eigenvalue weighted by Gasteiger charge is 2.22. The van der Waals surface area contributed by atoms with Crippen LogP contribution in [-0.4, -0.2) is 46.8 Å². The largest absolute Gasteiger partial charge is 0.493 e. The van der Waals surface area contributed by atoms with E-state index in [-0.39, 0.29) is 22.7 Å². The van der Waals surface area contributed by atoms with E-state index in [0.717, 1.165) is 11.1 Å². The van der Waals surface area contributed by atoms with Crippen LogP contribution in [0.3, 0.4) is 0 Å². The molecular formula is C23H23N5O5. The van der Waals surface area contributed by atoms with Crippen LogP contribution in [0.4, 0.5) is 0 Å². The van der Waals surface area contributed by atoms with Crippen LogP contribution in [0.15, 0.2) is 35.1 Å². The molecule has 10 nitrogen and oxygen atoms in total. The van der Waals surface area contributed by atoms with Crippen molar-refractivity contribution in [2.75, 3.05) is 21.3 Å². The van der Waals surface area contributed by atoms with E-state index in [4.69, 9.17) is 19.9 Å². The number of imidazole rings is 1. The molecule has 0 bridgehead atoms. The van der Waals surface area contributed by atoms with Gasteiger partial charge in [-0.25, -0.2) is 19.3 Å². The maximum Gasteiger partial charge on any atom is 0.332 e. The number of methoxy groups -OCH3 is 3. The molecule has 0 saturated carbocycles. The van der Waals surface area contributed by atoms with Gasteiger partial charge in [-0.15, -0.1) is 0 Å². The predicted octanol–water partition coefficient (Wildman–Crippen LogP) is 2.52. The van der Waals surface area contributed by atoms with Gasteiger partial charge in [0.15, 0.2) is 28.7 Å². The molecule has 2 heterocycles. The van der Waals surface area contributed by atoms with Crippen molar-refractivity contribution < 1.29 is 19.0 Å². The van der Waals surface area contributed by atoms with Crippen molar-refractivity contribution in [3.05, 3.63) is 57.6 Å². The van der Waals surface area contributed by atoms with Gasteiger partial charge >= 0.3 is 5.69 Å². The van der Waals surface area contributed by atoms with E-state index in [9.17, 15) is 9.59 Å². The van der Waals surface area contributed by atoms with Crippen molar-refractivity contribution in [1.82, 2.24) is 19.5 Å². The Hall–Kier alpha value is -4.34. The number of benzene rings is 2. The molecule has 33 heavy (non-hydrogen) atoms. The second-order valence-electron chi connectivity index (χ2n) is 7.41. The molecule has 0 aliphatic carbocycles. The molecule has 0 aliphatic rings. The monoisotopic (exact) mass is 449 g/mol. The van der Waals surface area contributed by atoms with Gasteiger partial charge in [-0.1, -0.05) is 6.07 Å². The van der Waals surface area contributed by atoms with Crippen LogP contribution < -0.4 is 25.6 Å². The fourth-order valence-electron chi connectivity index (χ4n) is 3.61. The zero-order chi connectivity index (χ0) is 23.9. The van der Waals surface area contributed by atoms with Gasteiger partial charge in [0, 0.05) is 5.56 Å². The van der Waals surface area contributed by atoms with Crippen LogP contribution in [0.5, 0.6) is 17.2 Å². The first kappa shape index (κ1) is 21.9. The van der Waals surface area contributed by atoms with E-state index in [2.05, 4.69) is 15.0 Å². The number of aromatic nitrogens is 4. The maximum absolute atomic E-state index is 12.9. The second kappa shape index (κ2) is 8.30. The van der Waals surface area contributed by atoms with E-state index < -0.39 is 11.6 Å². The summed E-state index contributed by atoms with van der Waals surface area (Å²) in [6.45, 7) is 3.93. The van der Waals surface area contributed by atoms with Gasteiger partial charge in [-0.05, 0) is 49.2 Å². The van der Waals surface area contributed by atoms with Crippen LogP contribution in [0, 0.1) is 13.8 Å². The number of hydrogen-bond donors (Lipinski definition) is 2. The highest BCUT2D eigenvalue weighted by molar-refractivity contribution is 6.02. The highest BCUT2D eigenvalue weighted by Crippen LogP contribution is 2.40. The third-order valence-corrected chi connectivity index (χ3v) is 5.44. The maximum atomic E-state index is 12.9. The number of carbonyl (C=O) groups is 1. The molecule has 10 heteroatoms. The minimum atomic E-state index is -0.801. The van der Waals surface area contributed by atoms with Crippen molar-refractivity contribution in [2.45, 2.75) is 13.8 Å². The molecule has 0 atom stereocenters. The number of ether oxygens (including phenoxy) is 3. The van der Waals surface area contributed by atoms with E-state index in [1.807, 2.05) is 32.0 Å². The third-order valence-electron chi connectivity index (χ3n) is 5.44. The molecule has 2 aromatic heterocycles. The summed E-state index contributed by atoms with van der Waals surface area (Å²) in [6, 6.07) is 8.89. The fourth-order valence-corrected chi connectivity index (χ4v) is 3.61. The van der Waals surface area contributed by atoms with Crippen molar-refractivity contribution in [3.63, 3.8) is 0 Å². The Balaban J connectivity index is 2.05. The molecule has 170 valence electrons. The van der Waals surface area contributed by atoms with Crippen LogP contribution in [0.2, 0.25) is 0 Å². The molecule has 4 rings (SSSR count). The Kier molecular flexibility index (Phi) is 5.50. The van der Waals surface area contributed by atoms with Crippen molar-refractivity contribution >= 4 is 17.1 Å². The summed E-state index contributed by atoms with van der Waals surface area (Å²) < 4.78 is 17.6. The number of H-pyrrole nitrogens is 1. The second-order valence-corrected chi connectivity index (χ2v) is 7.41. The SMILES string of the molecule is COc1cc(-c2nc(C(N)=O)c3[nH]c(=O)n(-c4ccc(C)c(C)c4)c3n2)cc(OC)c1OC. The molecule has 0 saturated heterocycles. The quantitative estimate of drug-likeness (QED) is 0.462. The summed E-state index contributed by atoms with van der Waals surface area (Å²) in [5, 5.41) is 0. The Morgan fingerprint density at radius 3 is 2.18 bits per heavy atom. The van der Waals surface area contributed by atoms with Crippen LogP contribution in [0.25, 0.3) is 28.2 Å². The Labute approximate surface area is 188 Å². The van der Waals surface area contributed by atoms with Crippen molar-refractivity contribution in [1.29, 1.82) is 0 Å². The van der Waals surface area contributed by atoms with Gasteiger partial charge in [0.2, 0.25) is 5.75 Å². The molecular weight excluding hydrogens is 426 g/mol. The van der Waals surface area contributed by atoms with Crippen molar-refractivity contribution in [3.8, 4) is 34.3 Å². The standard InChI is InChI=1S/C23H23N5O5/c1-11-6-7-14(8-12(11)2)28-22-18(26-23(28)30)17(20(24)29)25-21(27-22)13-9-15(31-3)19(33-5)16(10-13)32-4/h6-10H,1-5H3,(H2,24,29)(H,26,30). The van der Waals surface area contributed by atoms with Crippen LogP contribution >= 0.6 is 0 Å². The summed E-state index contributed by atoms with van der Waals surface area (Å²) in [4.78, 5) is 36.7. The number of carbonyl (C=O) groups excluding carboxylic acids is 1. The summed E-state index contributed by atoms with van der Waals surface area (Å²) >= 11 is 0. The lowest BCUT2D eigenvalue weighted by Crippen LogP contribution is -2.15. The van der Waals surface area contributed by atoms with E-state index in [1.54, 1.807) is 12.1 Å². The van der Waals surface area contributed by atoms with Gasteiger partial charge in [0.05, 0.1) is 27.0 Å². The number of aryl methyl sites for hydroxylation is 2. The predicted molar refractivity (Wildman–Crippen MR) is 123 cm³/mol. The first-order valence-corrected chi connectivity index (χ1v) is 9.99. The van der Waals surface area contributed by atoms with Gasteiger partial charge in [0.25, 0.3) is 5.91 Å². The first-order valence-electron chi connectivity index (χ1n) is 9.99. The molecule has 3 N–H and O–H groups in total. The normalized spacial score (nSPS) is 10.9. The molecule has 0 unspecified atom stereocenters. The van der Waals surface area contributed by atoms with E-state index >= 15 is 0 Å². The fraction of sp³-hybridized carbons (Fsp3) is 0.217. The third kappa shape index (κ3) is 3.65. The van der Waals surface area contributed by atoms with E-state index in [1.165, 1.54) is 25.9 Å². The summed E-state index contributed by atoms with van der Waals surface area (Å²) in [6.07, 6.45) is 0. The molecule has 1 amide bonds. The first-order chi connectivity index (χ1) is 15.8. The Morgan fingerprint density at radius 2 is 1.64 bits per heavy atom. The summed E-state index contributed by atoms with van der Waals surface area (Å²) in [5.74, 6) is 0.527. The lowest BCUT2D eigenvalue weighted by molar-refractivity contribution is 0.0997. The molecule has 0 radical (unpaired) electrons. The van der Waals surface area contributed by atoms with Gasteiger partial charge in [0.1, 0.15) is 5.52 Å². The minimum absolute atomic E-state index is 0.108. The van der Waals surface area contributed by atoms with Gasteiger partial charge < -0.3 is 24.9 Å². The van der Waals surface area contributed by atoms with Gasteiger partial charge in [-0.3, -0.25) is 4.79 Å². The molecule has 0 spiro atoms. The topological polar surface area (TPSA) is 134 Å². The average molecular weight is 449 g/mol. The number of primary amides is 1. The number of aromatic amines is 1. The lowest BCUT2D eigenvalue weighted by Gasteiger charge is -2.14. The smallest absolute Gasteiger partial charge is 0.332 e. The summed E-state index contributed by atoms with van der Waals surface area (Å²) in [5.41, 5.74) is 8.56. The number of nitrogens with zero attached hydrogens (tertiary/aromatic N) is 3. The number of amides is 1. The average Bonchev–Trinajstić information content (AvgIpc) is 3.14. The zero-order valence-electron chi connectivity index (χ0n) is 18.8. The number of nitrogens with one attached hydrogen (secondary N) is 1. The molecule has 0 fully saturated rings. The molecule has 2 aromatic carbocycles. The number of hydrogen-bond acceptors (Lipinski definition) is 7. The number of fused-ring (bicyclic) bond motifs is 1. The van der Waals surface area contributed by atoms with Crippen molar-refractivity contribution in [2.24, 2.45) is 5.73 Å². The van der Waals surface area contributed by atoms with E-state index in [0.29, 0.717) is 28.5 Å². The zero-order valence-corrected chi connectivity index (χ0v) is 18.8. The highest BCUT2D eigenvalue weighted by atomic mass is 16.5. The molecule has 0 aliphatic heterocycles. The van der Waals surface area contributed by atoms with Crippen LogP contribution in [-0.2, 0) is 0 Å². The van der Waals surface area contributed by atoms with Crippen LogP contribution in [0.1, 0.15) is 21.6 Å². The van der Waals surface area contributed by atoms with Gasteiger partial charge in [-0.2, -0.15) is 0 Å². The minimum Gasteiger partial charge on any atom is -0.493 e. The number of rotatable bonds is 6.